The molecule has 1 saturated heterocycles. The first kappa shape index (κ1) is 17.6. The van der Waals surface area contributed by atoms with Crippen LogP contribution in [-0.2, 0) is 13.1 Å². The molecule has 3 aromatic rings. The van der Waals surface area contributed by atoms with Crippen LogP contribution in [0, 0.1) is 6.92 Å². The molecule has 0 atom stereocenters. The zero-order chi connectivity index (χ0) is 18.6. The maximum absolute atomic E-state index is 12.1. The van der Waals surface area contributed by atoms with E-state index >= 15 is 0 Å². The Morgan fingerprint density at radius 3 is 2.63 bits per heavy atom. The van der Waals surface area contributed by atoms with Gasteiger partial charge in [-0.2, -0.15) is 5.10 Å². The van der Waals surface area contributed by atoms with E-state index in [1.54, 1.807) is 23.0 Å². The Balaban J connectivity index is 1.31. The van der Waals surface area contributed by atoms with Gasteiger partial charge >= 0.3 is 0 Å². The van der Waals surface area contributed by atoms with E-state index in [-0.39, 0.29) is 5.56 Å². The first-order valence-corrected chi connectivity index (χ1v) is 9.11. The molecular weight excluding hydrogens is 346 g/mol. The Morgan fingerprint density at radius 1 is 1.11 bits per heavy atom. The number of aryl methyl sites for hydroxylation is 1. The van der Waals surface area contributed by atoms with Gasteiger partial charge in [-0.05, 0) is 19.1 Å². The maximum Gasteiger partial charge on any atom is 0.266 e. The molecule has 0 unspecified atom stereocenters. The predicted molar refractivity (Wildman–Crippen MR) is 98.6 cm³/mol. The van der Waals surface area contributed by atoms with Gasteiger partial charge in [-0.25, -0.2) is 14.3 Å². The normalized spacial score (nSPS) is 16.0. The van der Waals surface area contributed by atoms with Gasteiger partial charge in [0.05, 0.1) is 12.2 Å². The molecule has 0 spiro atoms. The second-order valence-corrected chi connectivity index (χ2v) is 6.68. The lowest BCUT2D eigenvalue weighted by molar-refractivity contribution is 0.121. The van der Waals surface area contributed by atoms with Crippen LogP contribution >= 0.6 is 0 Å². The Kier molecular flexibility index (Phi) is 5.12. The molecule has 1 aliphatic heterocycles. The predicted octanol–water partition coefficient (Wildman–Crippen LogP) is 0.543. The number of nitrogens with zero attached hydrogens (tertiary/aromatic N) is 7. The highest BCUT2D eigenvalue weighted by molar-refractivity contribution is 5.17. The summed E-state index contributed by atoms with van der Waals surface area (Å²) in [5.74, 6) is 1.53. The molecule has 3 aromatic heterocycles. The third-order valence-electron chi connectivity index (χ3n) is 4.90. The number of hydrogen-bond donors (Lipinski definition) is 0. The average Bonchev–Trinajstić information content (AvgIpc) is 3.35. The molecule has 0 saturated carbocycles. The SMILES string of the molecule is Cc1ocnc1CN1CCN(CCn2nc(-n3cccn3)ccc2=O)CC1. The average molecular weight is 369 g/mol. The smallest absolute Gasteiger partial charge is 0.266 e. The van der Waals surface area contributed by atoms with Gasteiger partial charge in [0.2, 0.25) is 0 Å². The third kappa shape index (κ3) is 4.15. The van der Waals surface area contributed by atoms with Crippen molar-refractivity contribution in [3.05, 3.63) is 58.8 Å². The lowest BCUT2D eigenvalue weighted by Gasteiger charge is -2.34. The molecule has 0 amide bonds. The van der Waals surface area contributed by atoms with Gasteiger partial charge in [-0.1, -0.05) is 0 Å². The largest absolute Gasteiger partial charge is 0.448 e. The zero-order valence-corrected chi connectivity index (χ0v) is 15.4. The van der Waals surface area contributed by atoms with Crippen molar-refractivity contribution in [2.24, 2.45) is 0 Å². The highest BCUT2D eigenvalue weighted by Gasteiger charge is 2.18. The van der Waals surface area contributed by atoms with Gasteiger partial charge in [-0.3, -0.25) is 14.6 Å². The summed E-state index contributed by atoms with van der Waals surface area (Å²) in [6, 6.07) is 5.07. The van der Waals surface area contributed by atoms with Crippen LogP contribution in [0.4, 0.5) is 0 Å². The molecule has 4 heterocycles. The van der Waals surface area contributed by atoms with Crippen molar-refractivity contribution >= 4 is 0 Å². The summed E-state index contributed by atoms with van der Waals surface area (Å²) in [6.07, 6.45) is 5.01. The van der Waals surface area contributed by atoms with Gasteiger partial charge in [0.15, 0.2) is 12.2 Å². The molecule has 9 nitrogen and oxygen atoms in total. The number of piperazine rings is 1. The van der Waals surface area contributed by atoms with Crippen LogP contribution in [0.1, 0.15) is 11.5 Å². The van der Waals surface area contributed by atoms with Crippen molar-refractivity contribution in [2.45, 2.75) is 20.0 Å². The van der Waals surface area contributed by atoms with E-state index in [4.69, 9.17) is 4.42 Å². The summed E-state index contributed by atoms with van der Waals surface area (Å²) in [5.41, 5.74) is 0.917. The number of oxazole rings is 1. The molecule has 0 aliphatic carbocycles. The number of aromatic nitrogens is 5. The topological polar surface area (TPSA) is 85.2 Å². The van der Waals surface area contributed by atoms with Crippen LogP contribution < -0.4 is 5.56 Å². The van der Waals surface area contributed by atoms with Crippen molar-refractivity contribution in [2.75, 3.05) is 32.7 Å². The highest BCUT2D eigenvalue weighted by Crippen LogP contribution is 2.11. The first-order valence-electron chi connectivity index (χ1n) is 9.11. The van der Waals surface area contributed by atoms with E-state index in [2.05, 4.69) is 25.0 Å². The molecule has 1 fully saturated rings. The molecule has 9 heteroatoms. The lowest BCUT2D eigenvalue weighted by atomic mass is 10.2. The van der Waals surface area contributed by atoms with Crippen LogP contribution in [0.2, 0.25) is 0 Å². The Bertz CT molecular complexity index is 923. The summed E-state index contributed by atoms with van der Waals surface area (Å²) >= 11 is 0. The Hall–Kier alpha value is -2.78. The van der Waals surface area contributed by atoms with E-state index in [1.807, 2.05) is 19.2 Å². The van der Waals surface area contributed by atoms with Crippen LogP contribution in [0.3, 0.4) is 0 Å². The summed E-state index contributed by atoms with van der Waals surface area (Å²) in [4.78, 5) is 21.1. The number of rotatable bonds is 6. The molecule has 0 aromatic carbocycles. The van der Waals surface area contributed by atoms with Crippen LogP contribution in [0.5, 0.6) is 0 Å². The van der Waals surface area contributed by atoms with E-state index in [1.165, 1.54) is 11.1 Å². The molecule has 4 rings (SSSR count). The quantitative estimate of drug-likeness (QED) is 0.627. The minimum absolute atomic E-state index is 0.0916. The molecule has 27 heavy (non-hydrogen) atoms. The molecular formula is C18H23N7O2. The summed E-state index contributed by atoms with van der Waals surface area (Å²) in [7, 11) is 0. The van der Waals surface area contributed by atoms with Gasteiger partial charge in [0.25, 0.3) is 5.56 Å². The lowest BCUT2D eigenvalue weighted by Crippen LogP contribution is -2.47. The zero-order valence-electron chi connectivity index (χ0n) is 15.4. The Labute approximate surface area is 156 Å². The summed E-state index contributed by atoms with van der Waals surface area (Å²) < 4.78 is 8.44. The molecule has 0 bridgehead atoms. The van der Waals surface area contributed by atoms with Gasteiger partial charge < -0.3 is 4.42 Å². The standard InChI is InChI=1S/C18H23N7O2/c1-15-16(19-14-27-15)13-23-9-7-22(8-10-23)11-12-25-18(26)4-3-17(21-25)24-6-2-5-20-24/h2-6,14H,7-13H2,1H3. The van der Waals surface area contributed by atoms with Gasteiger partial charge in [-0.15, -0.1) is 5.10 Å². The first-order chi connectivity index (χ1) is 13.2. The van der Waals surface area contributed by atoms with E-state index < -0.39 is 0 Å². The fraction of sp³-hybridized carbons (Fsp3) is 0.444. The Morgan fingerprint density at radius 2 is 1.93 bits per heavy atom. The van der Waals surface area contributed by atoms with E-state index in [0.29, 0.717) is 12.4 Å². The van der Waals surface area contributed by atoms with Gasteiger partial charge in [0, 0.05) is 57.7 Å². The highest BCUT2D eigenvalue weighted by atomic mass is 16.3. The van der Waals surface area contributed by atoms with Crippen molar-refractivity contribution in [3.63, 3.8) is 0 Å². The van der Waals surface area contributed by atoms with Crippen molar-refractivity contribution < 1.29 is 4.42 Å². The third-order valence-corrected chi connectivity index (χ3v) is 4.90. The fourth-order valence-electron chi connectivity index (χ4n) is 3.22. The van der Waals surface area contributed by atoms with Gasteiger partial charge in [0.1, 0.15) is 5.76 Å². The molecule has 0 radical (unpaired) electrons. The van der Waals surface area contributed by atoms with Crippen LogP contribution in [-0.4, -0.2) is 67.1 Å². The second-order valence-electron chi connectivity index (χ2n) is 6.68. The maximum atomic E-state index is 12.1. The second kappa shape index (κ2) is 7.85. The molecule has 1 aliphatic rings. The van der Waals surface area contributed by atoms with Crippen molar-refractivity contribution in [1.82, 2.24) is 34.3 Å². The van der Waals surface area contributed by atoms with E-state index in [0.717, 1.165) is 50.7 Å². The van der Waals surface area contributed by atoms with Crippen molar-refractivity contribution in [1.29, 1.82) is 0 Å². The molecule has 142 valence electrons. The van der Waals surface area contributed by atoms with Crippen LogP contribution in [0.15, 0.2) is 46.2 Å². The molecule has 0 N–H and O–H groups in total. The fourth-order valence-corrected chi connectivity index (χ4v) is 3.22. The number of hydrogen-bond acceptors (Lipinski definition) is 7. The van der Waals surface area contributed by atoms with Crippen LogP contribution in [0.25, 0.3) is 5.82 Å². The monoisotopic (exact) mass is 369 g/mol. The minimum Gasteiger partial charge on any atom is -0.448 e. The minimum atomic E-state index is -0.0916. The summed E-state index contributed by atoms with van der Waals surface area (Å²) in [5, 5.41) is 8.59. The van der Waals surface area contributed by atoms with Crippen molar-refractivity contribution in [3.8, 4) is 5.82 Å². The van der Waals surface area contributed by atoms with E-state index in [9.17, 15) is 4.79 Å². The summed E-state index contributed by atoms with van der Waals surface area (Å²) in [6.45, 7) is 8.01.